The van der Waals surface area contributed by atoms with Crippen LogP contribution in [0, 0.1) is 11.8 Å². The lowest BCUT2D eigenvalue weighted by Gasteiger charge is -2.25. The van der Waals surface area contributed by atoms with Crippen molar-refractivity contribution in [3.63, 3.8) is 0 Å². The molecular weight excluding hydrogens is 204 g/mol. The van der Waals surface area contributed by atoms with Gasteiger partial charge >= 0.3 is 5.97 Å². The zero-order chi connectivity index (χ0) is 11.8. The number of rotatable bonds is 6. The van der Waals surface area contributed by atoms with E-state index in [-0.39, 0.29) is 5.97 Å². The van der Waals surface area contributed by atoms with Crippen molar-refractivity contribution in [1.29, 1.82) is 0 Å². The summed E-state index contributed by atoms with van der Waals surface area (Å²) in [6.07, 6.45) is 9.36. The highest BCUT2D eigenvalue weighted by atomic mass is 16.5. The van der Waals surface area contributed by atoms with Crippen LogP contribution in [0.25, 0.3) is 0 Å². The summed E-state index contributed by atoms with van der Waals surface area (Å²) in [4.78, 5) is 21.5. The fourth-order valence-electron chi connectivity index (χ4n) is 2.42. The molecule has 92 valence electrons. The van der Waals surface area contributed by atoms with Crippen LogP contribution in [-0.4, -0.2) is 19.4 Å². The van der Waals surface area contributed by atoms with E-state index in [4.69, 9.17) is 0 Å². The molecule has 0 radical (unpaired) electrons. The van der Waals surface area contributed by atoms with Gasteiger partial charge in [0.15, 0.2) is 0 Å². The van der Waals surface area contributed by atoms with Crippen LogP contribution in [0.4, 0.5) is 0 Å². The molecule has 0 bridgehead atoms. The number of carbonyl (C=O) groups is 2. The largest absolute Gasteiger partial charge is 0.469 e. The first-order valence-electron chi connectivity index (χ1n) is 6.28. The number of hydrogen-bond acceptors (Lipinski definition) is 3. The number of ether oxygens (including phenoxy) is 1. The van der Waals surface area contributed by atoms with Crippen LogP contribution >= 0.6 is 0 Å². The Hall–Kier alpha value is -0.860. The highest BCUT2D eigenvalue weighted by Crippen LogP contribution is 2.30. The van der Waals surface area contributed by atoms with Crippen molar-refractivity contribution in [1.82, 2.24) is 0 Å². The van der Waals surface area contributed by atoms with E-state index in [0.717, 1.165) is 37.9 Å². The van der Waals surface area contributed by atoms with Gasteiger partial charge in [0.1, 0.15) is 6.29 Å². The molecule has 0 spiro atoms. The van der Waals surface area contributed by atoms with Crippen molar-refractivity contribution < 1.29 is 14.3 Å². The molecule has 16 heavy (non-hydrogen) atoms. The van der Waals surface area contributed by atoms with Crippen molar-refractivity contribution in [2.75, 3.05) is 7.11 Å². The Morgan fingerprint density at radius 1 is 1.25 bits per heavy atom. The topological polar surface area (TPSA) is 43.4 Å². The van der Waals surface area contributed by atoms with Gasteiger partial charge in [-0.3, -0.25) is 4.79 Å². The van der Waals surface area contributed by atoms with Gasteiger partial charge in [0.2, 0.25) is 0 Å². The average molecular weight is 226 g/mol. The fourth-order valence-corrected chi connectivity index (χ4v) is 2.42. The summed E-state index contributed by atoms with van der Waals surface area (Å²) < 4.78 is 4.59. The predicted molar refractivity (Wildman–Crippen MR) is 62.0 cm³/mol. The minimum absolute atomic E-state index is 0.107. The third kappa shape index (κ3) is 4.77. The minimum atomic E-state index is -0.107. The highest BCUT2D eigenvalue weighted by molar-refractivity contribution is 5.68. The monoisotopic (exact) mass is 226 g/mol. The molecule has 1 rings (SSSR count). The van der Waals surface area contributed by atoms with Gasteiger partial charge in [0.25, 0.3) is 0 Å². The Morgan fingerprint density at radius 3 is 2.50 bits per heavy atom. The molecule has 0 aromatic heterocycles. The third-order valence-corrected chi connectivity index (χ3v) is 3.55. The molecule has 0 atom stereocenters. The number of unbranched alkanes of at least 4 members (excludes halogenated alkanes) is 1. The Kier molecular flexibility index (Phi) is 6.12. The molecule has 0 saturated heterocycles. The number of methoxy groups -OCH3 is 1. The molecule has 3 nitrogen and oxygen atoms in total. The normalized spacial score (nSPS) is 25.1. The maximum atomic E-state index is 10.9. The van der Waals surface area contributed by atoms with Crippen LogP contribution in [0.1, 0.15) is 51.4 Å². The van der Waals surface area contributed by atoms with Gasteiger partial charge in [-0.05, 0) is 38.0 Å². The second kappa shape index (κ2) is 7.42. The molecule has 1 saturated carbocycles. The van der Waals surface area contributed by atoms with E-state index >= 15 is 0 Å². The molecule has 1 aliphatic carbocycles. The summed E-state index contributed by atoms with van der Waals surface area (Å²) in [5, 5.41) is 0. The molecule has 0 unspecified atom stereocenters. The molecule has 1 fully saturated rings. The number of esters is 1. The lowest BCUT2D eigenvalue weighted by atomic mass is 9.80. The van der Waals surface area contributed by atoms with Crippen LogP contribution in [0.2, 0.25) is 0 Å². The average Bonchev–Trinajstić information content (AvgIpc) is 2.35. The Balaban J connectivity index is 2.02. The second-order valence-corrected chi connectivity index (χ2v) is 4.74. The standard InChI is InChI=1S/C13H22O3/c1-16-13(15)5-3-2-4-11-6-8-12(10-14)9-7-11/h10-12H,2-9H2,1H3. The van der Waals surface area contributed by atoms with Gasteiger partial charge in [-0.2, -0.15) is 0 Å². The van der Waals surface area contributed by atoms with E-state index in [0.29, 0.717) is 12.3 Å². The number of hydrogen-bond donors (Lipinski definition) is 0. The van der Waals surface area contributed by atoms with Crippen molar-refractivity contribution in [2.24, 2.45) is 11.8 Å². The smallest absolute Gasteiger partial charge is 0.305 e. The summed E-state index contributed by atoms with van der Waals surface area (Å²) in [6.45, 7) is 0. The van der Waals surface area contributed by atoms with Gasteiger partial charge in [-0.15, -0.1) is 0 Å². The van der Waals surface area contributed by atoms with E-state index in [2.05, 4.69) is 4.74 Å². The van der Waals surface area contributed by atoms with Crippen molar-refractivity contribution in [3.05, 3.63) is 0 Å². The van der Waals surface area contributed by atoms with Gasteiger partial charge < -0.3 is 9.53 Å². The molecule has 3 heteroatoms. The summed E-state index contributed by atoms with van der Waals surface area (Å²) in [7, 11) is 1.43. The van der Waals surface area contributed by atoms with E-state index < -0.39 is 0 Å². The molecule has 0 aromatic carbocycles. The summed E-state index contributed by atoms with van der Waals surface area (Å²) in [6, 6.07) is 0. The molecule has 1 aliphatic rings. The first kappa shape index (κ1) is 13.2. The minimum Gasteiger partial charge on any atom is -0.469 e. The first-order chi connectivity index (χ1) is 7.76. The SMILES string of the molecule is COC(=O)CCCCC1CCC(C=O)CC1. The Bertz CT molecular complexity index is 217. The Morgan fingerprint density at radius 2 is 1.94 bits per heavy atom. The molecule has 0 amide bonds. The van der Waals surface area contributed by atoms with Crippen LogP contribution in [0.15, 0.2) is 0 Å². The lowest BCUT2D eigenvalue weighted by molar-refractivity contribution is -0.140. The predicted octanol–water partition coefficient (Wildman–Crippen LogP) is 2.73. The van der Waals surface area contributed by atoms with Crippen LogP contribution in [0.5, 0.6) is 0 Å². The van der Waals surface area contributed by atoms with E-state index in [1.54, 1.807) is 0 Å². The molecule has 0 N–H and O–H groups in total. The van der Waals surface area contributed by atoms with E-state index in [9.17, 15) is 9.59 Å². The maximum Gasteiger partial charge on any atom is 0.305 e. The first-order valence-corrected chi connectivity index (χ1v) is 6.28. The quantitative estimate of drug-likeness (QED) is 0.397. The maximum absolute atomic E-state index is 10.9. The Labute approximate surface area is 97.5 Å². The van der Waals surface area contributed by atoms with Gasteiger partial charge in [-0.1, -0.05) is 12.8 Å². The summed E-state index contributed by atoms with van der Waals surface area (Å²) in [5.41, 5.74) is 0. The molecule has 0 aromatic rings. The van der Waals surface area contributed by atoms with Gasteiger partial charge in [-0.25, -0.2) is 0 Å². The third-order valence-electron chi connectivity index (χ3n) is 3.55. The second-order valence-electron chi connectivity index (χ2n) is 4.74. The fraction of sp³-hybridized carbons (Fsp3) is 0.846. The van der Waals surface area contributed by atoms with Gasteiger partial charge in [0, 0.05) is 12.3 Å². The summed E-state index contributed by atoms with van der Waals surface area (Å²) in [5.74, 6) is 0.977. The molecular formula is C13H22O3. The van der Waals surface area contributed by atoms with E-state index in [1.165, 1.54) is 26.4 Å². The van der Waals surface area contributed by atoms with Crippen LogP contribution in [0.3, 0.4) is 0 Å². The number of carbonyl (C=O) groups excluding carboxylic acids is 2. The zero-order valence-electron chi connectivity index (χ0n) is 10.1. The lowest BCUT2D eigenvalue weighted by Crippen LogP contribution is -2.15. The summed E-state index contributed by atoms with van der Waals surface area (Å²) >= 11 is 0. The van der Waals surface area contributed by atoms with Crippen molar-refractivity contribution >= 4 is 12.3 Å². The van der Waals surface area contributed by atoms with Crippen molar-refractivity contribution in [2.45, 2.75) is 51.4 Å². The van der Waals surface area contributed by atoms with E-state index in [1.807, 2.05) is 0 Å². The molecule has 0 heterocycles. The number of aldehydes is 1. The van der Waals surface area contributed by atoms with Gasteiger partial charge in [0.05, 0.1) is 7.11 Å². The molecule has 0 aliphatic heterocycles. The van der Waals surface area contributed by atoms with Crippen molar-refractivity contribution in [3.8, 4) is 0 Å². The van der Waals surface area contributed by atoms with Crippen LogP contribution < -0.4 is 0 Å². The zero-order valence-corrected chi connectivity index (χ0v) is 10.1. The van der Waals surface area contributed by atoms with Crippen LogP contribution in [-0.2, 0) is 14.3 Å². The highest BCUT2D eigenvalue weighted by Gasteiger charge is 2.20.